The molecule has 0 aliphatic carbocycles. The number of primary amides is 1. The highest BCUT2D eigenvalue weighted by Crippen LogP contribution is 2.17. The van der Waals surface area contributed by atoms with E-state index in [1.807, 2.05) is 0 Å². The fraction of sp³-hybridized carbons (Fsp3) is 0.0833. The van der Waals surface area contributed by atoms with E-state index in [0.29, 0.717) is 5.69 Å². The fourth-order valence-electron chi connectivity index (χ4n) is 1.65. The van der Waals surface area contributed by atoms with Crippen LogP contribution in [0, 0.1) is 0 Å². The smallest absolute Gasteiger partial charge is 0.272 e. The van der Waals surface area contributed by atoms with Crippen molar-refractivity contribution in [2.24, 2.45) is 12.8 Å². The van der Waals surface area contributed by atoms with Crippen molar-refractivity contribution in [3.05, 3.63) is 46.5 Å². The number of nitrogens with one attached hydrogen (secondary N) is 1. The van der Waals surface area contributed by atoms with Crippen molar-refractivity contribution in [3.8, 4) is 0 Å². The lowest BCUT2D eigenvalue weighted by Crippen LogP contribution is -2.20. The van der Waals surface area contributed by atoms with Crippen LogP contribution in [0.15, 0.2) is 35.2 Å². The Bertz CT molecular complexity index is 651. The highest BCUT2D eigenvalue weighted by atomic mass is 79.9. The van der Waals surface area contributed by atoms with Crippen LogP contribution in [-0.4, -0.2) is 21.4 Å². The van der Waals surface area contributed by atoms with Crippen LogP contribution in [0.3, 0.4) is 0 Å². The Balaban J connectivity index is 2.29. The number of halogens is 1. The summed E-state index contributed by atoms with van der Waals surface area (Å²) < 4.78 is 2.46. The summed E-state index contributed by atoms with van der Waals surface area (Å²) in [6, 6.07) is 3.13. The second-order valence-electron chi connectivity index (χ2n) is 3.89. The molecule has 0 fully saturated rings. The summed E-state index contributed by atoms with van der Waals surface area (Å²) in [7, 11) is 1.75. The Hall–Kier alpha value is -2.15. The van der Waals surface area contributed by atoms with Gasteiger partial charge in [0.25, 0.3) is 11.8 Å². The number of rotatable bonds is 3. The van der Waals surface area contributed by atoms with Crippen molar-refractivity contribution in [2.75, 3.05) is 5.32 Å². The molecule has 0 atom stereocenters. The molecule has 0 aliphatic rings. The summed E-state index contributed by atoms with van der Waals surface area (Å²) in [5, 5.41) is 2.62. The van der Waals surface area contributed by atoms with Crippen LogP contribution in [0.4, 0.5) is 5.69 Å². The fourth-order valence-corrected chi connectivity index (χ4v) is 2.17. The maximum absolute atomic E-state index is 12.1. The molecule has 0 spiro atoms. The molecule has 98 valence electrons. The highest BCUT2D eigenvalue weighted by molar-refractivity contribution is 9.10. The van der Waals surface area contributed by atoms with Crippen LogP contribution in [-0.2, 0) is 7.05 Å². The molecule has 0 unspecified atom stereocenters. The highest BCUT2D eigenvalue weighted by Gasteiger charge is 2.15. The molecular weight excluding hydrogens is 312 g/mol. The van der Waals surface area contributed by atoms with E-state index in [0.717, 1.165) is 4.47 Å². The van der Waals surface area contributed by atoms with E-state index in [1.165, 1.54) is 18.5 Å². The van der Waals surface area contributed by atoms with Crippen LogP contribution in [0.1, 0.15) is 20.8 Å². The van der Waals surface area contributed by atoms with Gasteiger partial charge < -0.3 is 15.6 Å². The van der Waals surface area contributed by atoms with Gasteiger partial charge in [0, 0.05) is 23.9 Å². The third-order valence-corrected chi connectivity index (χ3v) is 2.97. The molecule has 0 saturated heterocycles. The Labute approximate surface area is 117 Å². The topological polar surface area (TPSA) is 90.0 Å². The molecule has 3 N–H and O–H groups in total. The quantitative estimate of drug-likeness (QED) is 0.897. The summed E-state index contributed by atoms with van der Waals surface area (Å²) in [4.78, 5) is 27.2. The number of hydrogen-bond donors (Lipinski definition) is 2. The number of carbonyl (C=O) groups excluding carboxylic acids is 2. The van der Waals surface area contributed by atoms with Gasteiger partial charge >= 0.3 is 0 Å². The van der Waals surface area contributed by atoms with Crippen molar-refractivity contribution >= 4 is 33.4 Å². The number of nitrogens with two attached hydrogens (primary N) is 1. The zero-order valence-electron chi connectivity index (χ0n) is 10.1. The third-order valence-electron chi connectivity index (χ3n) is 2.54. The van der Waals surface area contributed by atoms with E-state index in [-0.39, 0.29) is 17.2 Å². The van der Waals surface area contributed by atoms with Crippen LogP contribution in [0.5, 0.6) is 0 Å². The Kier molecular flexibility index (Phi) is 3.66. The molecule has 19 heavy (non-hydrogen) atoms. The molecule has 2 heterocycles. The Morgan fingerprint density at radius 2 is 2.21 bits per heavy atom. The molecule has 2 aromatic rings. The monoisotopic (exact) mass is 322 g/mol. The maximum Gasteiger partial charge on any atom is 0.272 e. The summed E-state index contributed by atoms with van der Waals surface area (Å²) in [6.45, 7) is 0. The molecule has 0 aliphatic heterocycles. The first kappa shape index (κ1) is 13.3. The summed E-state index contributed by atoms with van der Waals surface area (Å²) in [6.07, 6.45) is 4.58. The number of anilines is 1. The van der Waals surface area contributed by atoms with Crippen LogP contribution in [0.2, 0.25) is 0 Å². The number of hydrogen-bond acceptors (Lipinski definition) is 3. The van der Waals surface area contributed by atoms with E-state index in [4.69, 9.17) is 5.73 Å². The number of aryl methyl sites for hydroxylation is 1. The zero-order valence-corrected chi connectivity index (χ0v) is 11.6. The van der Waals surface area contributed by atoms with Gasteiger partial charge in [-0.3, -0.25) is 14.6 Å². The van der Waals surface area contributed by atoms with Gasteiger partial charge in [-0.1, -0.05) is 0 Å². The number of amides is 2. The summed E-state index contributed by atoms with van der Waals surface area (Å²) in [5.74, 6) is -0.963. The first-order chi connectivity index (χ1) is 8.99. The van der Waals surface area contributed by atoms with Gasteiger partial charge in [-0.05, 0) is 28.1 Å². The average molecular weight is 323 g/mol. The first-order valence-corrected chi connectivity index (χ1v) is 6.15. The predicted molar refractivity (Wildman–Crippen MR) is 73.8 cm³/mol. The third kappa shape index (κ3) is 2.82. The molecule has 2 amide bonds. The SMILES string of the molecule is Cn1cc(Br)cc1C(=O)Nc1cnccc1C(N)=O. The van der Waals surface area contributed by atoms with Crippen molar-refractivity contribution in [1.82, 2.24) is 9.55 Å². The second-order valence-corrected chi connectivity index (χ2v) is 4.81. The lowest BCUT2D eigenvalue weighted by Gasteiger charge is -2.08. The van der Waals surface area contributed by atoms with Crippen LogP contribution in [0.25, 0.3) is 0 Å². The van der Waals surface area contributed by atoms with Crippen molar-refractivity contribution in [3.63, 3.8) is 0 Å². The van der Waals surface area contributed by atoms with Crippen molar-refractivity contribution < 1.29 is 9.59 Å². The lowest BCUT2D eigenvalue weighted by molar-refractivity contribution is 0.100. The Morgan fingerprint density at radius 1 is 1.47 bits per heavy atom. The van der Waals surface area contributed by atoms with Gasteiger partial charge in [-0.2, -0.15) is 0 Å². The number of pyridine rings is 1. The maximum atomic E-state index is 12.1. The van der Waals surface area contributed by atoms with Crippen LogP contribution < -0.4 is 11.1 Å². The van der Waals surface area contributed by atoms with Crippen molar-refractivity contribution in [1.29, 1.82) is 0 Å². The Morgan fingerprint density at radius 3 is 2.79 bits per heavy atom. The molecule has 0 radical (unpaired) electrons. The first-order valence-electron chi connectivity index (χ1n) is 5.36. The van der Waals surface area contributed by atoms with Gasteiger partial charge in [-0.15, -0.1) is 0 Å². The predicted octanol–water partition coefficient (Wildman–Crippen LogP) is 1.53. The largest absolute Gasteiger partial charge is 0.366 e. The molecule has 0 aromatic carbocycles. The second kappa shape index (κ2) is 5.23. The standard InChI is InChI=1S/C12H11BrN4O2/c1-17-6-7(13)4-10(17)12(19)16-9-5-15-3-2-8(9)11(14)18/h2-6H,1H3,(H2,14,18)(H,16,19). The van der Waals surface area contributed by atoms with E-state index in [1.54, 1.807) is 23.9 Å². The molecule has 2 aromatic heterocycles. The number of aromatic nitrogens is 2. The van der Waals surface area contributed by atoms with Gasteiger partial charge in [0.15, 0.2) is 0 Å². The number of carbonyl (C=O) groups is 2. The molecule has 7 heteroatoms. The summed E-state index contributed by atoms with van der Waals surface area (Å²) in [5.41, 5.74) is 6.19. The molecule has 2 rings (SSSR count). The lowest BCUT2D eigenvalue weighted by atomic mass is 10.2. The minimum atomic E-state index is -0.620. The molecular formula is C12H11BrN4O2. The van der Waals surface area contributed by atoms with E-state index < -0.39 is 5.91 Å². The van der Waals surface area contributed by atoms with E-state index in [2.05, 4.69) is 26.2 Å². The number of nitrogens with zero attached hydrogens (tertiary/aromatic N) is 2. The normalized spacial score (nSPS) is 10.2. The van der Waals surface area contributed by atoms with Crippen molar-refractivity contribution in [2.45, 2.75) is 0 Å². The minimum Gasteiger partial charge on any atom is -0.366 e. The van der Waals surface area contributed by atoms with E-state index >= 15 is 0 Å². The van der Waals surface area contributed by atoms with Crippen LogP contribution >= 0.6 is 15.9 Å². The van der Waals surface area contributed by atoms with Gasteiger partial charge in [0.05, 0.1) is 17.4 Å². The average Bonchev–Trinajstić information content (AvgIpc) is 2.69. The molecule has 6 nitrogen and oxygen atoms in total. The van der Waals surface area contributed by atoms with Gasteiger partial charge in [-0.25, -0.2) is 0 Å². The summed E-state index contributed by atoms with van der Waals surface area (Å²) >= 11 is 3.29. The minimum absolute atomic E-state index is 0.219. The van der Waals surface area contributed by atoms with Gasteiger partial charge in [0.2, 0.25) is 0 Å². The molecule has 0 bridgehead atoms. The molecule has 0 saturated carbocycles. The van der Waals surface area contributed by atoms with E-state index in [9.17, 15) is 9.59 Å². The van der Waals surface area contributed by atoms with Gasteiger partial charge in [0.1, 0.15) is 5.69 Å². The zero-order chi connectivity index (χ0) is 14.0.